The highest BCUT2D eigenvalue weighted by Crippen LogP contribution is 2.33. The van der Waals surface area contributed by atoms with Gasteiger partial charge in [0.15, 0.2) is 5.75 Å². The molecular weight excluding hydrogens is 322 g/mol. The molecule has 0 aliphatic carbocycles. The van der Waals surface area contributed by atoms with Crippen molar-refractivity contribution in [2.24, 2.45) is 0 Å². The molecule has 0 saturated carbocycles. The van der Waals surface area contributed by atoms with E-state index in [1.165, 1.54) is 29.0 Å². The maximum atomic E-state index is 12.3. The van der Waals surface area contributed by atoms with Gasteiger partial charge >= 0.3 is 6.03 Å². The number of aliphatic hydroxyl groups is 1. The van der Waals surface area contributed by atoms with Gasteiger partial charge in [-0.05, 0) is 18.6 Å². The Bertz CT molecular complexity index is 621. The first-order valence-electron chi connectivity index (χ1n) is 7.16. The number of rotatable bonds is 3. The molecule has 3 amide bonds. The lowest BCUT2D eigenvalue weighted by atomic mass is 10.1. The van der Waals surface area contributed by atoms with E-state index in [1.54, 1.807) is 14.1 Å². The van der Waals surface area contributed by atoms with Gasteiger partial charge in [-0.3, -0.25) is 4.79 Å². The van der Waals surface area contributed by atoms with Gasteiger partial charge in [0.2, 0.25) is 0 Å². The molecule has 0 radical (unpaired) electrons. The lowest BCUT2D eigenvalue weighted by Gasteiger charge is -2.20. The Morgan fingerprint density at radius 1 is 1.43 bits per heavy atom. The SMILES string of the molecule is COc1c(NC(=O)N2CC[C@@H](O)C2)cc(Cl)cc1C(=O)N(C)C. The Balaban J connectivity index is 2.30. The molecule has 1 aliphatic rings. The fourth-order valence-corrected chi connectivity index (χ4v) is 2.64. The second-order valence-electron chi connectivity index (χ2n) is 5.55. The van der Waals surface area contributed by atoms with Crippen molar-refractivity contribution < 1.29 is 19.4 Å². The number of carbonyl (C=O) groups is 2. The van der Waals surface area contributed by atoms with Crippen molar-refractivity contribution >= 4 is 29.2 Å². The quantitative estimate of drug-likeness (QED) is 0.875. The minimum absolute atomic E-state index is 0.251. The van der Waals surface area contributed by atoms with Crippen LogP contribution in [0.2, 0.25) is 5.02 Å². The lowest BCUT2D eigenvalue weighted by Crippen LogP contribution is -2.34. The van der Waals surface area contributed by atoms with Crippen LogP contribution in [0.1, 0.15) is 16.8 Å². The van der Waals surface area contributed by atoms with Gasteiger partial charge in [0.1, 0.15) is 0 Å². The summed E-state index contributed by atoms with van der Waals surface area (Å²) in [6.45, 7) is 0.748. The largest absolute Gasteiger partial charge is 0.494 e. The number of carbonyl (C=O) groups excluding carboxylic acids is 2. The van der Waals surface area contributed by atoms with Gasteiger partial charge in [-0.2, -0.15) is 0 Å². The molecule has 0 unspecified atom stereocenters. The van der Waals surface area contributed by atoms with E-state index < -0.39 is 6.10 Å². The molecule has 1 saturated heterocycles. The molecule has 126 valence electrons. The van der Waals surface area contributed by atoms with Crippen molar-refractivity contribution in [3.63, 3.8) is 0 Å². The van der Waals surface area contributed by atoms with Gasteiger partial charge in [-0.1, -0.05) is 11.6 Å². The van der Waals surface area contributed by atoms with Crippen LogP contribution in [0.15, 0.2) is 12.1 Å². The van der Waals surface area contributed by atoms with Gasteiger partial charge in [0, 0.05) is 32.2 Å². The second-order valence-corrected chi connectivity index (χ2v) is 5.99. The smallest absolute Gasteiger partial charge is 0.322 e. The summed E-state index contributed by atoms with van der Waals surface area (Å²) in [5.41, 5.74) is 0.582. The molecule has 8 heteroatoms. The summed E-state index contributed by atoms with van der Waals surface area (Å²) in [5, 5.41) is 12.5. The van der Waals surface area contributed by atoms with Crippen LogP contribution in [0.25, 0.3) is 0 Å². The highest BCUT2D eigenvalue weighted by Gasteiger charge is 2.26. The fourth-order valence-electron chi connectivity index (χ4n) is 2.43. The zero-order valence-electron chi connectivity index (χ0n) is 13.3. The Labute approximate surface area is 139 Å². The third kappa shape index (κ3) is 3.86. The van der Waals surface area contributed by atoms with Crippen LogP contribution in [0, 0.1) is 0 Å². The summed E-state index contributed by atoms with van der Waals surface area (Å²) >= 11 is 6.06. The highest BCUT2D eigenvalue weighted by molar-refractivity contribution is 6.31. The molecule has 0 bridgehead atoms. The number of urea groups is 1. The van der Waals surface area contributed by atoms with Crippen LogP contribution in [0.3, 0.4) is 0 Å². The topological polar surface area (TPSA) is 82.1 Å². The van der Waals surface area contributed by atoms with Gasteiger partial charge < -0.3 is 25.0 Å². The summed E-state index contributed by atoms with van der Waals surface area (Å²) in [7, 11) is 4.66. The molecule has 2 N–H and O–H groups in total. The first kappa shape index (κ1) is 17.4. The van der Waals surface area contributed by atoms with Crippen molar-refractivity contribution in [3.05, 3.63) is 22.7 Å². The van der Waals surface area contributed by atoms with Gasteiger partial charge in [-0.15, -0.1) is 0 Å². The van der Waals surface area contributed by atoms with Crippen molar-refractivity contribution in [1.29, 1.82) is 0 Å². The van der Waals surface area contributed by atoms with Gasteiger partial charge in [0.05, 0.1) is 24.5 Å². The Hall–Kier alpha value is -1.99. The Kier molecular flexibility index (Phi) is 5.33. The summed E-state index contributed by atoms with van der Waals surface area (Å²) in [6.07, 6.45) is 0.0395. The minimum Gasteiger partial charge on any atom is -0.494 e. The van der Waals surface area contributed by atoms with E-state index in [1.807, 2.05) is 0 Å². The standard InChI is InChI=1S/C15H20ClN3O4/c1-18(2)14(21)11-6-9(16)7-12(13(11)23-3)17-15(22)19-5-4-10(20)8-19/h6-7,10,20H,4-5,8H2,1-3H3,(H,17,22)/t10-/m1/s1. The monoisotopic (exact) mass is 341 g/mol. The average molecular weight is 342 g/mol. The normalized spacial score (nSPS) is 17.1. The highest BCUT2D eigenvalue weighted by atomic mass is 35.5. The van der Waals surface area contributed by atoms with Crippen molar-refractivity contribution in [3.8, 4) is 5.75 Å². The zero-order valence-corrected chi connectivity index (χ0v) is 14.1. The molecule has 1 atom stereocenters. The molecule has 7 nitrogen and oxygen atoms in total. The van der Waals surface area contributed by atoms with Crippen molar-refractivity contribution in [2.75, 3.05) is 39.6 Å². The van der Waals surface area contributed by atoms with Crippen molar-refractivity contribution in [2.45, 2.75) is 12.5 Å². The number of halogens is 1. The number of hydrogen-bond donors (Lipinski definition) is 2. The number of benzene rings is 1. The van der Waals surface area contributed by atoms with Crippen LogP contribution in [0.4, 0.5) is 10.5 Å². The molecule has 1 fully saturated rings. The maximum Gasteiger partial charge on any atom is 0.322 e. The lowest BCUT2D eigenvalue weighted by molar-refractivity contribution is 0.0824. The number of aliphatic hydroxyl groups excluding tert-OH is 1. The van der Waals surface area contributed by atoms with E-state index in [4.69, 9.17) is 16.3 Å². The molecule has 1 aromatic rings. The first-order chi connectivity index (χ1) is 10.8. The minimum atomic E-state index is -0.507. The van der Waals surface area contributed by atoms with Crippen LogP contribution in [-0.4, -0.2) is 67.2 Å². The van der Waals surface area contributed by atoms with Crippen LogP contribution >= 0.6 is 11.6 Å². The second kappa shape index (κ2) is 7.06. The van der Waals surface area contributed by atoms with E-state index >= 15 is 0 Å². The molecule has 23 heavy (non-hydrogen) atoms. The number of ether oxygens (including phenoxy) is 1. The number of nitrogens with zero attached hydrogens (tertiary/aromatic N) is 2. The Morgan fingerprint density at radius 3 is 2.65 bits per heavy atom. The average Bonchev–Trinajstić information content (AvgIpc) is 2.92. The van der Waals surface area contributed by atoms with E-state index in [0.29, 0.717) is 23.7 Å². The summed E-state index contributed by atoms with van der Waals surface area (Å²) in [5.74, 6) is -0.0300. The summed E-state index contributed by atoms with van der Waals surface area (Å²) in [6, 6.07) is 2.65. The molecule has 0 spiro atoms. The summed E-state index contributed by atoms with van der Waals surface area (Å²) < 4.78 is 5.30. The summed E-state index contributed by atoms with van der Waals surface area (Å²) in [4.78, 5) is 27.4. The first-order valence-corrected chi connectivity index (χ1v) is 7.54. The van der Waals surface area contributed by atoms with Gasteiger partial charge in [-0.25, -0.2) is 4.79 Å². The number of β-amino-alcohol motifs (C(OH)–C–C–N with tert-alkyl or cyclic N) is 1. The third-order valence-corrected chi connectivity index (χ3v) is 3.80. The number of amides is 3. The van der Waals surface area contributed by atoms with E-state index in [0.717, 1.165) is 0 Å². The number of methoxy groups -OCH3 is 1. The predicted molar refractivity (Wildman–Crippen MR) is 87.2 cm³/mol. The fraction of sp³-hybridized carbons (Fsp3) is 0.467. The molecule has 1 aliphatic heterocycles. The number of anilines is 1. The van der Waals surface area contributed by atoms with E-state index in [-0.39, 0.29) is 29.8 Å². The number of likely N-dealkylation sites (tertiary alicyclic amines) is 1. The number of hydrogen-bond acceptors (Lipinski definition) is 4. The molecule has 1 heterocycles. The van der Waals surface area contributed by atoms with Crippen LogP contribution in [0.5, 0.6) is 5.75 Å². The van der Waals surface area contributed by atoms with Crippen LogP contribution in [-0.2, 0) is 0 Å². The van der Waals surface area contributed by atoms with E-state index in [9.17, 15) is 14.7 Å². The third-order valence-electron chi connectivity index (χ3n) is 3.59. The molecular formula is C15H20ClN3O4. The Morgan fingerprint density at radius 2 is 2.13 bits per heavy atom. The molecule has 2 rings (SSSR count). The maximum absolute atomic E-state index is 12.3. The predicted octanol–water partition coefficient (Wildman–Crippen LogP) is 1.65. The van der Waals surface area contributed by atoms with Gasteiger partial charge in [0.25, 0.3) is 5.91 Å². The van der Waals surface area contributed by atoms with Crippen LogP contribution < -0.4 is 10.1 Å². The zero-order chi connectivity index (χ0) is 17.1. The van der Waals surface area contributed by atoms with E-state index in [2.05, 4.69) is 5.32 Å². The van der Waals surface area contributed by atoms with Crippen molar-refractivity contribution in [1.82, 2.24) is 9.80 Å². The number of nitrogens with one attached hydrogen (secondary N) is 1. The molecule has 1 aromatic carbocycles. The molecule has 0 aromatic heterocycles.